The Balaban J connectivity index is 2.18. The van der Waals surface area contributed by atoms with E-state index < -0.39 is 0 Å². The van der Waals surface area contributed by atoms with Crippen LogP contribution in [0.2, 0.25) is 0 Å². The highest BCUT2D eigenvalue weighted by Gasteiger charge is 2.15. The monoisotopic (exact) mass is 239 g/mol. The van der Waals surface area contributed by atoms with Gasteiger partial charge in [-0.25, -0.2) is 4.39 Å². The maximum absolute atomic E-state index is 13.4. The standard InChI is InChI=1S/C16H14FN/c1-10-3-6-16-13(7-10)8-12-9-14(17)4-5-15(12)11(2)18-16/h3-7,9,18H,2,8H2,1H3. The fraction of sp³-hybridized carbons (Fsp3) is 0.125. The van der Waals surface area contributed by atoms with Crippen LogP contribution in [0.25, 0.3) is 5.70 Å². The van der Waals surface area contributed by atoms with E-state index in [1.807, 2.05) is 0 Å². The van der Waals surface area contributed by atoms with Crippen molar-refractivity contribution >= 4 is 11.4 Å². The molecule has 0 fully saturated rings. The van der Waals surface area contributed by atoms with Crippen LogP contribution in [0.15, 0.2) is 43.0 Å². The smallest absolute Gasteiger partial charge is 0.123 e. The Kier molecular flexibility index (Phi) is 2.44. The molecular weight excluding hydrogens is 225 g/mol. The van der Waals surface area contributed by atoms with Gasteiger partial charge in [0.05, 0.1) is 0 Å². The van der Waals surface area contributed by atoms with Crippen molar-refractivity contribution in [2.45, 2.75) is 13.3 Å². The molecule has 0 spiro atoms. The van der Waals surface area contributed by atoms with Crippen LogP contribution in [0.5, 0.6) is 0 Å². The fourth-order valence-electron chi connectivity index (χ4n) is 2.43. The van der Waals surface area contributed by atoms with Crippen molar-refractivity contribution in [2.24, 2.45) is 0 Å². The highest BCUT2D eigenvalue weighted by molar-refractivity contribution is 5.80. The Labute approximate surface area is 106 Å². The van der Waals surface area contributed by atoms with E-state index in [0.29, 0.717) is 0 Å². The molecule has 0 radical (unpaired) electrons. The first kappa shape index (κ1) is 11.0. The van der Waals surface area contributed by atoms with E-state index in [0.717, 1.165) is 28.9 Å². The number of aryl methyl sites for hydroxylation is 1. The lowest BCUT2D eigenvalue weighted by molar-refractivity contribution is 0.626. The van der Waals surface area contributed by atoms with Crippen LogP contribution in [0.1, 0.15) is 22.3 Å². The molecule has 3 rings (SSSR count). The summed E-state index contributed by atoms with van der Waals surface area (Å²) in [4.78, 5) is 0. The van der Waals surface area contributed by atoms with Crippen molar-refractivity contribution < 1.29 is 4.39 Å². The zero-order valence-corrected chi connectivity index (χ0v) is 10.3. The maximum atomic E-state index is 13.4. The zero-order chi connectivity index (χ0) is 12.7. The zero-order valence-electron chi connectivity index (χ0n) is 10.3. The fourth-order valence-corrected chi connectivity index (χ4v) is 2.43. The highest BCUT2D eigenvalue weighted by atomic mass is 19.1. The summed E-state index contributed by atoms with van der Waals surface area (Å²) in [5.74, 6) is -0.197. The predicted molar refractivity (Wildman–Crippen MR) is 73.0 cm³/mol. The molecule has 0 aromatic heterocycles. The molecule has 0 saturated heterocycles. The maximum Gasteiger partial charge on any atom is 0.123 e. The summed E-state index contributed by atoms with van der Waals surface area (Å²) < 4.78 is 13.4. The van der Waals surface area contributed by atoms with Crippen LogP contribution >= 0.6 is 0 Å². The highest BCUT2D eigenvalue weighted by Crippen LogP contribution is 2.31. The molecule has 1 heterocycles. The van der Waals surface area contributed by atoms with E-state index in [1.54, 1.807) is 12.1 Å². The van der Waals surface area contributed by atoms with Crippen LogP contribution in [0.3, 0.4) is 0 Å². The second-order valence-corrected chi connectivity index (χ2v) is 4.74. The molecule has 0 aliphatic carbocycles. The molecule has 18 heavy (non-hydrogen) atoms. The third-order valence-corrected chi connectivity index (χ3v) is 3.32. The number of halogens is 1. The minimum Gasteiger partial charge on any atom is -0.355 e. The van der Waals surface area contributed by atoms with Gasteiger partial charge in [0.25, 0.3) is 0 Å². The van der Waals surface area contributed by atoms with Gasteiger partial charge >= 0.3 is 0 Å². The summed E-state index contributed by atoms with van der Waals surface area (Å²) >= 11 is 0. The van der Waals surface area contributed by atoms with Crippen molar-refractivity contribution in [2.75, 3.05) is 5.32 Å². The van der Waals surface area contributed by atoms with Gasteiger partial charge in [0.1, 0.15) is 5.82 Å². The number of nitrogens with one attached hydrogen (secondary N) is 1. The Morgan fingerprint density at radius 3 is 2.78 bits per heavy atom. The number of hydrogen-bond acceptors (Lipinski definition) is 1. The van der Waals surface area contributed by atoms with E-state index in [4.69, 9.17) is 0 Å². The lowest BCUT2D eigenvalue weighted by Crippen LogP contribution is -1.97. The van der Waals surface area contributed by atoms with E-state index in [9.17, 15) is 4.39 Å². The summed E-state index contributed by atoms with van der Waals surface area (Å²) in [6, 6.07) is 11.1. The summed E-state index contributed by atoms with van der Waals surface area (Å²) in [7, 11) is 0. The van der Waals surface area contributed by atoms with Crippen LogP contribution in [0, 0.1) is 12.7 Å². The Morgan fingerprint density at radius 2 is 1.94 bits per heavy atom. The number of anilines is 1. The molecule has 2 aromatic carbocycles. The van der Waals surface area contributed by atoms with Gasteiger partial charge in [-0.1, -0.05) is 24.3 Å². The predicted octanol–water partition coefficient (Wildman–Crippen LogP) is 4.12. The largest absolute Gasteiger partial charge is 0.355 e. The molecule has 0 bridgehead atoms. The topological polar surface area (TPSA) is 12.0 Å². The summed E-state index contributed by atoms with van der Waals surface area (Å²) in [6.45, 7) is 6.09. The second-order valence-electron chi connectivity index (χ2n) is 4.74. The van der Waals surface area contributed by atoms with Gasteiger partial charge in [-0.2, -0.15) is 0 Å². The molecule has 90 valence electrons. The number of hydrogen-bond donors (Lipinski definition) is 1. The molecule has 0 saturated carbocycles. The van der Waals surface area contributed by atoms with Gasteiger partial charge in [-0.3, -0.25) is 0 Å². The van der Waals surface area contributed by atoms with Crippen molar-refractivity contribution in [3.8, 4) is 0 Å². The van der Waals surface area contributed by atoms with Crippen molar-refractivity contribution in [1.29, 1.82) is 0 Å². The van der Waals surface area contributed by atoms with Crippen LogP contribution in [0.4, 0.5) is 10.1 Å². The van der Waals surface area contributed by atoms with Crippen molar-refractivity contribution in [1.82, 2.24) is 0 Å². The van der Waals surface area contributed by atoms with Gasteiger partial charge in [-0.15, -0.1) is 0 Å². The van der Waals surface area contributed by atoms with Gasteiger partial charge in [0.2, 0.25) is 0 Å². The molecule has 0 amide bonds. The van der Waals surface area contributed by atoms with Gasteiger partial charge < -0.3 is 5.32 Å². The molecule has 2 aromatic rings. The van der Waals surface area contributed by atoms with E-state index in [2.05, 4.69) is 37.0 Å². The molecule has 1 aliphatic heterocycles. The van der Waals surface area contributed by atoms with Crippen molar-refractivity contribution in [3.05, 3.63) is 71.0 Å². The van der Waals surface area contributed by atoms with E-state index >= 15 is 0 Å². The third-order valence-electron chi connectivity index (χ3n) is 3.32. The Morgan fingerprint density at radius 1 is 1.11 bits per heavy atom. The Bertz CT molecular complexity index is 644. The molecule has 0 unspecified atom stereocenters. The molecule has 1 aliphatic rings. The Hall–Kier alpha value is -2.09. The normalized spacial score (nSPS) is 13.3. The van der Waals surface area contributed by atoms with Gasteiger partial charge in [0, 0.05) is 23.4 Å². The van der Waals surface area contributed by atoms with Crippen LogP contribution in [-0.4, -0.2) is 0 Å². The average Bonchev–Trinajstić information content (AvgIpc) is 2.44. The van der Waals surface area contributed by atoms with Crippen LogP contribution < -0.4 is 5.32 Å². The summed E-state index contributed by atoms with van der Waals surface area (Å²) in [5, 5.41) is 3.31. The first-order valence-corrected chi connectivity index (χ1v) is 5.98. The van der Waals surface area contributed by atoms with E-state index in [-0.39, 0.29) is 5.82 Å². The average molecular weight is 239 g/mol. The molecule has 2 heteroatoms. The van der Waals surface area contributed by atoms with Gasteiger partial charge in [-0.05, 0) is 42.3 Å². The van der Waals surface area contributed by atoms with Gasteiger partial charge in [0.15, 0.2) is 0 Å². The van der Waals surface area contributed by atoms with E-state index in [1.165, 1.54) is 17.2 Å². The summed E-state index contributed by atoms with van der Waals surface area (Å²) in [5.41, 5.74) is 6.25. The second kappa shape index (κ2) is 3.98. The molecule has 1 N–H and O–H groups in total. The molecule has 0 atom stereocenters. The number of rotatable bonds is 0. The third kappa shape index (κ3) is 1.80. The van der Waals surface area contributed by atoms with Crippen molar-refractivity contribution in [3.63, 3.8) is 0 Å². The molecule has 1 nitrogen and oxygen atoms in total. The lowest BCUT2D eigenvalue weighted by atomic mass is 9.98. The minimum atomic E-state index is -0.197. The summed E-state index contributed by atoms with van der Waals surface area (Å²) in [6.07, 6.45) is 0.732. The number of fused-ring (bicyclic) bond motifs is 2. The SMILES string of the molecule is C=C1Nc2ccc(C)cc2Cc2cc(F)ccc21. The first-order valence-electron chi connectivity index (χ1n) is 5.98. The first-order chi connectivity index (χ1) is 8.63. The van der Waals surface area contributed by atoms with Crippen LogP contribution in [-0.2, 0) is 6.42 Å². The lowest BCUT2D eigenvalue weighted by Gasteiger charge is -2.09. The molecular formula is C16H14FN. The minimum absolute atomic E-state index is 0.197. The number of benzene rings is 2. The quantitative estimate of drug-likeness (QED) is 0.729.